The fourth-order valence-corrected chi connectivity index (χ4v) is 1.84. The van der Waals surface area contributed by atoms with E-state index in [2.05, 4.69) is 5.10 Å². The average Bonchev–Trinajstić information content (AvgIpc) is 2.76. The summed E-state index contributed by atoms with van der Waals surface area (Å²) >= 11 is 0. The molecule has 0 saturated heterocycles. The molecule has 0 saturated carbocycles. The Morgan fingerprint density at radius 3 is 2.50 bits per heavy atom. The standard InChI is InChI=1S/C13H15F2N3/c1-2-3-18-8-10(7-17-18)13(16)9-4-11(14)6-12(15)5-9/h4-8,13H,2-3,16H2,1H3. The molecule has 0 aliphatic rings. The summed E-state index contributed by atoms with van der Waals surface area (Å²) in [7, 11) is 0. The van der Waals surface area contributed by atoms with Crippen LogP contribution < -0.4 is 5.73 Å². The van der Waals surface area contributed by atoms with Gasteiger partial charge in [0.05, 0.1) is 12.2 Å². The molecule has 5 heteroatoms. The molecule has 1 aromatic heterocycles. The van der Waals surface area contributed by atoms with Crippen LogP contribution in [-0.4, -0.2) is 9.78 Å². The molecule has 1 atom stereocenters. The maximum absolute atomic E-state index is 13.1. The Hall–Kier alpha value is -1.75. The monoisotopic (exact) mass is 251 g/mol. The Morgan fingerprint density at radius 2 is 1.89 bits per heavy atom. The quantitative estimate of drug-likeness (QED) is 0.907. The lowest BCUT2D eigenvalue weighted by molar-refractivity contribution is 0.577. The van der Waals surface area contributed by atoms with Crippen molar-refractivity contribution < 1.29 is 8.78 Å². The fourth-order valence-electron chi connectivity index (χ4n) is 1.84. The molecule has 2 rings (SSSR count). The zero-order chi connectivity index (χ0) is 13.1. The van der Waals surface area contributed by atoms with Crippen LogP contribution in [0.25, 0.3) is 0 Å². The number of nitrogens with two attached hydrogens (primary N) is 1. The molecular weight excluding hydrogens is 236 g/mol. The summed E-state index contributed by atoms with van der Waals surface area (Å²) in [6, 6.07) is 2.74. The zero-order valence-electron chi connectivity index (χ0n) is 10.1. The molecule has 96 valence electrons. The van der Waals surface area contributed by atoms with Gasteiger partial charge in [0.15, 0.2) is 0 Å². The van der Waals surface area contributed by atoms with Crippen molar-refractivity contribution in [3.05, 3.63) is 53.4 Å². The maximum atomic E-state index is 13.1. The number of halogens is 2. The third kappa shape index (κ3) is 2.73. The Bertz CT molecular complexity index is 517. The second kappa shape index (κ2) is 5.27. The highest BCUT2D eigenvalue weighted by Gasteiger charge is 2.13. The maximum Gasteiger partial charge on any atom is 0.126 e. The number of aromatic nitrogens is 2. The molecule has 0 aliphatic carbocycles. The van der Waals surface area contributed by atoms with E-state index in [0.717, 1.165) is 24.6 Å². The van der Waals surface area contributed by atoms with E-state index in [-0.39, 0.29) is 0 Å². The number of hydrogen-bond donors (Lipinski definition) is 1. The summed E-state index contributed by atoms with van der Waals surface area (Å²) in [4.78, 5) is 0. The zero-order valence-corrected chi connectivity index (χ0v) is 10.1. The van der Waals surface area contributed by atoms with Gasteiger partial charge in [-0.2, -0.15) is 5.10 Å². The molecule has 0 bridgehead atoms. The van der Waals surface area contributed by atoms with Crippen molar-refractivity contribution in [2.45, 2.75) is 25.9 Å². The molecule has 0 fully saturated rings. The first-order chi connectivity index (χ1) is 8.60. The summed E-state index contributed by atoms with van der Waals surface area (Å²) in [6.45, 7) is 2.84. The minimum Gasteiger partial charge on any atom is -0.320 e. The largest absolute Gasteiger partial charge is 0.320 e. The highest BCUT2D eigenvalue weighted by molar-refractivity contribution is 5.29. The molecule has 2 aromatic rings. The first-order valence-corrected chi connectivity index (χ1v) is 5.84. The fraction of sp³-hybridized carbons (Fsp3) is 0.308. The molecular formula is C13H15F2N3. The predicted octanol–water partition coefficient (Wildman–Crippen LogP) is 2.62. The lowest BCUT2D eigenvalue weighted by atomic mass is 10.0. The van der Waals surface area contributed by atoms with Gasteiger partial charge in [0.1, 0.15) is 11.6 Å². The molecule has 3 nitrogen and oxygen atoms in total. The van der Waals surface area contributed by atoms with Crippen molar-refractivity contribution in [1.82, 2.24) is 9.78 Å². The highest BCUT2D eigenvalue weighted by atomic mass is 19.1. The van der Waals surface area contributed by atoms with Gasteiger partial charge in [0, 0.05) is 24.4 Å². The van der Waals surface area contributed by atoms with E-state index in [1.165, 1.54) is 12.1 Å². The van der Waals surface area contributed by atoms with E-state index in [4.69, 9.17) is 5.73 Å². The van der Waals surface area contributed by atoms with Crippen molar-refractivity contribution in [3.8, 4) is 0 Å². The molecule has 1 heterocycles. The van der Waals surface area contributed by atoms with Gasteiger partial charge in [-0.1, -0.05) is 6.92 Å². The van der Waals surface area contributed by atoms with Gasteiger partial charge in [-0.05, 0) is 24.1 Å². The van der Waals surface area contributed by atoms with Crippen molar-refractivity contribution in [3.63, 3.8) is 0 Å². The Labute approximate surface area is 104 Å². The molecule has 0 amide bonds. The SMILES string of the molecule is CCCn1cc(C(N)c2cc(F)cc(F)c2)cn1. The van der Waals surface area contributed by atoms with Gasteiger partial charge in [0.2, 0.25) is 0 Å². The van der Waals surface area contributed by atoms with Crippen LogP contribution >= 0.6 is 0 Å². The van der Waals surface area contributed by atoms with Crippen molar-refractivity contribution in [2.24, 2.45) is 5.73 Å². The molecule has 18 heavy (non-hydrogen) atoms. The van der Waals surface area contributed by atoms with E-state index >= 15 is 0 Å². The number of nitrogens with zero attached hydrogens (tertiary/aromatic N) is 2. The van der Waals surface area contributed by atoms with Gasteiger partial charge in [-0.25, -0.2) is 8.78 Å². The summed E-state index contributed by atoms with van der Waals surface area (Å²) < 4.78 is 28.0. The molecule has 2 N–H and O–H groups in total. The highest BCUT2D eigenvalue weighted by Crippen LogP contribution is 2.21. The molecule has 1 aromatic carbocycles. The van der Waals surface area contributed by atoms with Gasteiger partial charge in [-0.15, -0.1) is 0 Å². The second-order valence-electron chi connectivity index (χ2n) is 4.22. The van der Waals surface area contributed by atoms with E-state index in [1.54, 1.807) is 17.1 Å². The summed E-state index contributed by atoms with van der Waals surface area (Å²) in [5, 5.41) is 4.15. The van der Waals surface area contributed by atoms with Crippen molar-refractivity contribution in [1.29, 1.82) is 0 Å². The second-order valence-corrected chi connectivity index (χ2v) is 4.22. The molecule has 0 aliphatic heterocycles. The van der Waals surface area contributed by atoms with Crippen LogP contribution in [0.1, 0.15) is 30.5 Å². The molecule has 0 spiro atoms. The third-order valence-electron chi connectivity index (χ3n) is 2.71. The number of hydrogen-bond acceptors (Lipinski definition) is 2. The summed E-state index contributed by atoms with van der Waals surface area (Å²) in [5.74, 6) is -1.25. The average molecular weight is 251 g/mol. The minimum atomic E-state index is -0.624. The molecule has 0 radical (unpaired) electrons. The van der Waals surface area contributed by atoms with Crippen molar-refractivity contribution >= 4 is 0 Å². The van der Waals surface area contributed by atoms with E-state index in [9.17, 15) is 8.78 Å². The minimum absolute atomic E-state index is 0.406. The number of rotatable bonds is 4. The first-order valence-electron chi connectivity index (χ1n) is 5.84. The topological polar surface area (TPSA) is 43.8 Å². The third-order valence-corrected chi connectivity index (χ3v) is 2.71. The van der Waals surface area contributed by atoms with Crippen LogP contribution in [0.3, 0.4) is 0 Å². The van der Waals surface area contributed by atoms with Crippen LogP contribution in [-0.2, 0) is 6.54 Å². The van der Waals surface area contributed by atoms with Gasteiger partial charge in [-0.3, -0.25) is 4.68 Å². The Balaban J connectivity index is 2.26. The number of benzene rings is 1. The van der Waals surface area contributed by atoms with E-state index in [1.807, 2.05) is 6.92 Å². The summed E-state index contributed by atoms with van der Waals surface area (Å²) in [6.07, 6.45) is 4.39. The van der Waals surface area contributed by atoms with Crippen molar-refractivity contribution in [2.75, 3.05) is 0 Å². The van der Waals surface area contributed by atoms with Crippen LogP contribution in [0.15, 0.2) is 30.6 Å². The number of aryl methyl sites for hydroxylation is 1. The van der Waals surface area contributed by atoms with Gasteiger partial charge < -0.3 is 5.73 Å². The Morgan fingerprint density at radius 1 is 1.22 bits per heavy atom. The summed E-state index contributed by atoms with van der Waals surface area (Å²) in [5.41, 5.74) is 7.13. The lowest BCUT2D eigenvalue weighted by Gasteiger charge is -2.10. The van der Waals surface area contributed by atoms with Crippen LogP contribution in [0.4, 0.5) is 8.78 Å². The van der Waals surface area contributed by atoms with Crippen LogP contribution in [0.2, 0.25) is 0 Å². The lowest BCUT2D eigenvalue weighted by Crippen LogP contribution is -2.11. The normalized spacial score (nSPS) is 12.7. The Kier molecular flexibility index (Phi) is 3.72. The van der Waals surface area contributed by atoms with Crippen LogP contribution in [0.5, 0.6) is 0 Å². The van der Waals surface area contributed by atoms with E-state index < -0.39 is 17.7 Å². The smallest absolute Gasteiger partial charge is 0.126 e. The van der Waals surface area contributed by atoms with E-state index in [0.29, 0.717) is 5.56 Å². The van der Waals surface area contributed by atoms with Gasteiger partial charge in [0.25, 0.3) is 0 Å². The predicted molar refractivity (Wildman–Crippen MR) is 64.9 cm³/mol. The van der Waals surface area contributed by atoms with Crippen LogP contribution in [0, 0.1) is 11.6 Å². The first kappa shape index (κ1) is 12.7. The van der Waals surface area contributed by atoms with Gasteiger partial charge >= 0.3 is 0 Å². The molecule has 1 unspecified atom stereocenters.